The van der Waals surface area contributed by atoms with Gasteiger partial charge in [-0.2, -0.15) is 26.3 Å². The Morgan fingerprint density at radius 1 is 1.12 bits per heavy atom. The predicted octanol–water partition coefficient (Wildman–Crippen LogP) is 4.35. The highest BCUT2D eigenvalue weighted by Gasteiger charge is 2.46. The normalized spacial score (nSPS) is 14.5. The van der Waals surface area contributed by atoms with Gasteiger partial charge in [0.05, 0.1) is 35.4 Å². The molecule has 180 valence electrons. The Morgan fingerprint density at radius 2 is 1.76 bits per heavy atom. The van der Waals surface area contributed by atoms with E-state index < -0.39 is 41.9 Å². The fraction of sp³-hybridized carbons (Fsp3) is 0.316. The fourth-order valence-electron chi connectivity index (χ4n) is 2.24. The summed E-state index contributed by atoms with van der Waals surface area (Å²) in [6.07, 6.45) is -7.15. The highest BCUT2D eigenvalue weighted by Crippen LogP contribution is 2.37. The molecule has 1 heterocycles. The lowest BCUT2D eigenvalue weighted by atomic mass is 10.1. The predicted molar refractivity (Wildman–Crippen MR) is 108 cm³/mol. The zero-order chi connectivity index (χ0) is 25.0. The number of nitrogens with two attached hydrogens (primary N) is 1. The van der Waals surface area contributed by atoms with Gasteiger partial charge in [-0.3, -0.25) is 14.6 Å². The van der Waals surface area contributed by atoms with Gasteiger partial charge in [-0.1, -0.05) is 15.9 Å². The molecule has 1 fully saturated rings. The minimum atomic E-state index is -5.00. The number of halogens is 7. The van der Waals surface area contributed by atoms with Crippen LogP contribution >= 0.6 is 15.9 Å². The van der Waals surface area contributed by atoms with Crippen LogP contribution in [0.15, 0.2) is 41.0 Å². The lowest BCUT2D eigenvalue weighted by Gasteiger charge is -2.15. The van der Waals surface area contributed by atoms with Gasteiger partial charge in [-0.15, -0.1) is 0 Å². The highest BCUT2D eigenvalue weighted by atomic mass is 79.9. The average Bonchev–Trinajstić information content (AvgIpc) is 3.46. The molecule has 0 radical (unpaired) electrons. The smallest absolute Gasteiger partial charge is 0.471 e. The Labute approximate surface area is 191 Å². The lowest BCUT2D eigenvalue weighted by Crippen LogP contribution is -2.36. The van der Waals surface area contributed by atoms with Gasteiger partial charge in [0.2, 0.25) is 0 Å². The number of rotatable bonds is 5. The van der Waals surface area contributed by atoms with Crippen LogP contribution in [0.1, 0.15) is 24.1 Å². The van der Waals surface area contributed by atoms with Crippen molar-refractivity contribution >= 4 is 39.2 Å². The highest BCUT2D eigenvalue weighted by molar-refractivity contribution is 9.10. The molecule has 0 unspecified atom stereocenters. The third kappa shape index (κ3) is 7.89. The average molecular weight is 543 g/mol. The summed E-state index contributed by atoms with van der Waals surface area (Å²) in [6.45, 7) is -0.468. The van der Waals surface area contributed by atoms with Crippen LogP contribution in [0.5, 0.6) is 0 Å². The first-order chi connectivity index (χ1) is 15.1. The molecular formula is C19H17BrF6N4O3. The Balaban J connectivity index is 0.000000468. The number of pyridine rings is 1. The zero-order valence-corrected chi connectivity index (χ0v) is 18.1. The second-order valence-electron chi connectivity index (χ2n) is 6.99. The molecule has 2 aromatic rings. The minimum Gasteiger partial charge on any atom is -0.480 e. The van der Waals surface area contributed by atoms with Gasteiger partial charge in [0.1, 0.15) is 5.54 Å². The molecule has 0 saturated heterocycles. The number of carboxylic acids is 1. The summed E-state index contributed by atoms with van der Waals surface area (Å²) in [5.74, 6) is -2.97. The van der Waals surface area contributed by atoms with E-state index in [1.807, 2.05) is 0 Å². The van der Waals surface area contributed by atoms with Crippen LogP contribution in [0, 0.1) is 0 Å². The SMILES string of the molecule is NC1(C(=O)O)CC1.O=C(NCc1ccc(Nc2ccc(Br)cc2C(F)(F)F)cn1)C(F)(F)F. The minimum absolute atomic E-state index is 0.111. The molecule has 1 aromatic heterocycles. The Bertz CT molecular complexity index is 1010. The maximum atomic E-state index is 13.1. The van der Waals surface area contributed by atoms with Crippen LogP contribution in [-0.2, 0) is 22.3 Å². The number of aromatic nitrogens is 1. The van der Waals surface area contributed by atoms with E-state index in [1.165, 1.54) is 24.3 Å². The monoisotopic (exact) mass is 542 g/mol. The Morgan fingerprint density at radius 3 is 2.18 bits per heavy atom. The topological polar surface area (TPSA) is 117 Å². The standard InChI is InChI=1S/C15H10BrF6N3O.C4H7NO2/c16-8-1-4-12(11(5-8)14(17,18)19)25-10-3-2-9(23-7-10)6-24-13(26)15(20,21)22;5-4(1-2-4)3(6)7/h1-5,7,25H,6H2,(H,24,26);1-2,5H2,(H,6,7). The molecule has 3 rings (SSSR count). The maximum absolute atomic E-state index is 13.1. The van der Waals surface area contributed by atoms with Crippen molar-refractivity contribution in [3.63, 3.8) is 0 Å². The number of nitrogens with one attached hydrogen (secondary N) is 2. The van der Waals surface area contributed by atoms with E-state index >= 15 is 0 Å². The van der Waals surface area contributed by atoms with E-state index in [-0.39, 0.29) is 21.5 Å². The van der Waals surface area contributed by atoms with Gasteiger partial charge in [0, 0.05) is 4.47 Å². The van der Waals surface area contributed by atoms with Gasteiger partial charge in [-0.05, 0) is 43.2 Å². The van der Waals surface area contributed by atoms with Crippen LogP contribution < -0.4 is 16.4 Å². The van der Waals surface area contributed by atoms with Gasteiger partial charge >= 0.3 is 24.2 Å². The number of hydrogen-bond acceptors (Lipinski definition) is 5. The van der Waals surface area contributed by atoms with Crippen molar-refractivity contribution in [3.05, 3.63) is 52.3 Å². The summed E-state index contributed by atoms with van der Waals surface area (Å²) >= 11 is 2.97. The summed E-state index contributed by atoms with van der Waals surface area (Å²) in [5, 5.41) is 12.4. The molecule has 0 spiro atoms. The number of aliphatic carboxylic acids is 1. The first-order valence-corrected chi connectivity index (χ1v) is 9.87. The second-order valence-corrected chi connectivity index (χ2v) is 7.91. The third-order valence-corrected chi connectivity index (χ3v) is 4.79. The lowest BCUT2D eigenvalue weighted by molar-refractivity contribution is -0.173. The van der Waals surface area contributed by atoms with Gasteiger partial charge < -0.3 is 21.5 Å². The van der Waals surface area contributed by atoms with Crippen LogP contribution in [-0.4, -0.2) is 33.7 Å². The van der Waals surface area contributed by atoms with Crippen LogP contribution in [0.4, 0.5) is 37.7 Å². The van der Waals surface area contributed by atoms with Crippen molar-refractivity contribution in [1.82, 2.24) is 10.3 Å². The summed E-state index contributed by atoms with van der Waals surface area (Å²) in [7, 11) is 0. The summed E-state index contributed by atoms with van der Waals surface area (Å²) in [6, 6.07) is 6.18. The van der Waals surface area contributed by atoms with E-state index in [1.54, 1.807) is 5.32 Å². The van der Waals surface area contributed by atoms with E-state index in [0.29, 0.717) is 12.8 Å². The Hall–Kier alpha value is -2.87. The quantitative estimate of drug-likeness (QED) is 0.417. The largest absolute Gasteiger partial charge is 0.480 e. The molecule has 33 heavy (non-hydrogen) atoms. The molecule has 14 heteroatoms. The number of alkyl halides is 6. The van der Waals surface area contributed by atoms with Crippen molar-refractivity contribution in [2.24, 2.45) is 5.73 Å². The number of amides is 1. The molecule has 7 nitrogen and oxygen atoms in total. The number of carbonyl (C=O) groups is 2. The molecule has 0 atom stereocenters. The summed E-state index contributed by atoms with van der Waals surface area (Å²) in [4.78, 5) is 24.5. The second kappa shape index (κ2) is 9.95. The molecule has 1 aromatic carbocycles. The zero-order valence-electron chi connectivity index (χ0n) is 16.5. The molecule has 5 N–H and O–H groups in total. The van der Waals surface area contributed by atoms with E-state index in [0.717, 1.165) is 12.3 Å². The van der Waals surface area contributed by atoms with Gasteiger partial charge in [0.15, 0.2) is 0 Å². The number of carbonyl (C=O) groups excluding carboxylic acids is 1. The van der Waals surface area contributed by atoms with Gasteiger partial charge in [-0.25, -0.2) is 0 Å². The molecule has 1 amide bonds. The van der Waals surface area contributed by atoms with Crippen molar-refractivity contribution < 1.29 is 41.0 Å². The van der Waals surface area contributed by atoms with Crippen LogP contribution in [0.3, 0.4) is 0 Å². The molecule has 0 aliphatic heterocycles. The molecule has 1 aliphatic carbocycles. The number of anilines is 2. The molecule has 0 bridgehead atoms. The summed E-state index contributed by atoms with van der Waals surface area (Å²) in [5.41, 5.74) is 3.56. The first-order valence-electron chi connectivity index (χ1n) is 9.08. The summed E-state index contributed by atoms with van der Waals surface area (Å²) < 4.78 is 75.7. The van der Waals surface area contributed by atoms with Crippen molar-refractivity contribution in [1.29, 1.82) is 0 Å². The molecule has 1 saturated carbocycles. The maximum Gasteiger partial charge on any atom is 0.471 e. The van der Waals surface area contributed by atoms with E-state index in [2.05, 4.69) is 26.2 Å². The number of benzene rings is 1. The Kier molecular flexibility index (Phi) is 7.96. The third-order valence-electron chi connectivity index (χ3n) is 4.29. The first kappa shape index (κ1) is 26.4. The number of nitrogens with zero attached hydrogens (tertiary/aromatic N) is 1. The van der Waals surface area contributed by atoms with Crippen molar-refractivity contribution in [3.8, 4) is 0 Å². The number of hydrogen-bond donors (Lipinski definition) is 4. The number of carboxylic acid groups (broad SMARTS) is 1. The van der Waals surface area contributed by atoms with Gasteiger partial charge in [0.25, 0.3) is 0 Å². The van der Waals surface area contributed by atoms with Crippen LogP contribution in [0.25, 0.3) is 0 Å². The van der Waals surface area contributed by atoms with Crippen molar-refractivity contribution in [2.45, 2.75) is 37.3 Å². The molecule has 1 aliphatic rings. The van der Waals surface area contributed by atoms with E-state index in [4.69, 9.17) is 10.8 Å². The van der Waals surface area contributed by atoms with Crippen molar-refractivity contribution in [2.75, 3.05) is 5.32 Å². The van der Waals surface area contributed by atoms with E-state index in [9.17, 15) is 35.9 Å². The fourth-order valence-corrected chi connectivity index (χ4v) is 2.60. The van der Waals surface area contributed by atoms with Crippen LogP contribution in [0.2, 0.25) is 0 Å². The molecular weight excluding hydrogens is 526 g/mol.